The molecule has 6 nitrogen and oxygen atoms in total. The van der Waals surface area contributed by atoms with E-state index in [1.165, 1.54) is 263 Å². The molecule has 0 N–H and O–H groups in total. The summed E-state index contributed by atoms with van der Waals surface area (Å²) in [6, 6.07) is 0. The van der Waals surface area contributed by atoms with E-state index >= 15 is 0 Å². The Hall–Kier alpha value is -2.63. The highest BCUT2D eigenvalue weighted by molar-refractivity contribution is 5.71. The minimum atomic E-state index is -0.784. The molecule has 1 unspecified atom stereocenters. The first-order chi connectivity index (χ1) is 40.0. The second-order valence-corrected chi connectivity index (χ2v) is 24.5. The molecule has 0 amide bonds. The van der Waals surface area contributed by atoms with Crippen LogP contribution in [-0.2, 0) is 28.6 Å². The third-order valence-corrected chi connectivity index (χ3v) is 16.3. The van der Waals surface area contributed by atoms with Crippen LogP contribution >= 0.6 is 0 Å². The first-order valence-electron chi connectivity index (χ1n) is 36.1. The van der Waals surface area contributed by atoms with Gasteiger partial charge in [-0.25, -0.2) is 0 Å². The fraction of sp³-hybridized carbons (Fsp3) is 0.853. The molecule has 0 aromatic heterocycles. The van der Waals surface area contributed by atoms with Gasteiger partial charge in [-0.3, -0.25) is 14.4 Å². The van der Waals surface area contributed by atoms with Crippen LogP contribution in [-0.4, -0.2) is 37.2 Å². The molecule has 474 valence electrons. The number of carbonyl (C=O) groups excluding carboxylic acids is 3. The fourth-order valence-corrected chi connectivity index (χ4v) is 10.8. The van der Waals surface area contributed by atoms with Crippen molar-refractivity contribution in [3.63, 3.8) is 0 Å². The van der Waals surface area contributed by atoms with Crippen molar-refractivity contribution in [2.75, 3.05) is 13.2 Å². The number of unbranched alkanes of at least 4 members (excludes halogenated alkanes) is 48. The Balaban J connectivity index is 4.19. The lowest BCUT2D eigenvalue weighted by Gasteiger charge is -2.18. The zero-order chi connectivity index (χ0) is 58.5. The quantitative estimate of drug-likeness (QED) is 0.0261. The van der Waals surface area contributed by atoms with Gasteiger partial charge in [0.2, 0.25) is 0 Å². The molecule has 0 bridgehead atoms. The fourth-order valence-electron chi connectivity index (χ4n) is 10.8. The highest BCUT2D eigenvalue weighted by Crippen LogP contribution is 2.18. The molecule has 0 saturated carbocycles. The van der Waals surface area contributed by atoms with E-state index in [-0.39, 0.29) is 31.1 Å². The smallest absolute Gasteiger partial charge is 0.306 e. The second kappa shape index (κ2) is 69.9. The summed E-state index contributed by atoms with van der Waals surface area (Å²) in [5.41, 5.74) is 0. The number of ether oxygens (including phenoxy) is 3. The van der Waals surface area contributed by atoms with Crippen molar-refractivity contribution in [1.82, 2.24) is 0 Å². The lowest BCUT2D eigenvalue weighted by molar-refractivity contribution is -0.167. The van der Waals surface area contributed by atoms with Gasteiger partial charge in [-0.2, -0.15) is 0 Å². The third kappa shape index (κ3) is 68.0. The molecular weight excluding hydrogens is 997 g/mol. The van der Waals surface area contributed by atoms with Gasteiger partial charge in [-0.05, 0) is 103 Å². The Morgan fingerprint density at radius 1 is 0.247 bits per heavy atom. The Morgan fingerprint density at radius 3 is 0.704 bits per heavy atom. The monoisotopic (exact) mass is 1140 g/mol. The van der Waals surface area contributed by atoms with E-state index in [0.717, 1.165) is 89.9 Å². The van der Waals surface area contributed by atoms with Crippen LogP contribution < -0.4 is 0 Å². The Labute approximate surface area is 505 Å². The predicted molar refractivity (Wildman–Crippen MR) is 353 cm³/mol. The van der Waals surface area contributed by atoms with E-state index in [1.54, 1.807) is 0 Å². The van der Waals surface area contributed by atoms with Crippen LogP contribution in [0.1, 0.15) is 393 Å². The van der Waals surface area contributed by atoms with Crippen LogP contribution in [0.15, 0.2) is 48.6 Å². The third-order valence-electron chi connectivity index (χ3n) is 16.3. The summed E-state index contributed by atoms with van der Waals surface area (Å²) in [5.74, 6) is -0.876. The van der Waals surface area contributed by atoms with Gasteiger partial charge < -0.3 is 14.2 Å². The zero-order valence-electron chi connectivity index (χ0n) is 54.6. The van der Waals surface area contributed by atoms with Gasteiger partial charge in [-0.1, -0.05) is 320 Å². The largest absolute Gasteiger partial charge is 0.462 e. The molecule has 0 aliphatic carbocycles. The van der Waals surface area contributed by atoms with Crippen LogP contribution in [0, 0.1) is 0 Å². The summed E-state index contributed by atoms with van der Waals surface area (Å²) in [6.45, 7) is 6.66. The first kappa shape index (κ1) is 78.4. The molecule has 0 spiro atoms. The Bertz CT molecular complexity index is 1400. The van der Waals surface area contributed by atoms with Crippen molar-refractivity contribution in [1.29, 1.82) is 0 Å². The van der Waals surface area contributed by atoms with Crippen LogP contribution in [0.3, 0.4) is 0 Å². The van der Waals surface area contributed by atoms with Gasteiger partial charge >= 0.3 is 17.9 Å². The number of rotatable bonds is 67. The van der Waals surface area contributed by atoms with E-state index in [9.17, 15) is 14.4 Å². The standard InChI is InChI=1S/C75H138O6/c1-4-7-10-13-16-19-22-25-28-31-32-33-34-35-36-37-38-39-40-41-42-43-44-45-48-50-53-56-59-62-65-68-74(77)80-71-72(81-75(78)69-66-63-60-57-54-51-47-30-27-24-21-18-15-12-9-6-3)70-79-73(76)67-64-61-58-55-52-49-46-29-26-23-20-17-14-11-8-5-2/h21,24,29-32,46-47,72H,4-20,22-23,25-28,33-45,48-71H2,1-3H3/b24-21-,32-31-,46-29-,47-30-. The van der Waals surface area contributed by atoms with E-state index in [2.05, 4.69) is 69.4 Å². The van der Waals surface area contributed by atoms with Crippen molar-refractivity contribution < 1.29 is 28.6 Å². The second-order valence-electron chi connectivity index (χ2n) is 24.5. The summed E-state index contributed by atoms with van der Waals surface area (Å²) >= 11 is 0. The van der Waals surface area contributed by atoms with Crippen LogP contribution in [0.5, 0.6) is 0 Å². The first-order valence-corrected chi connectivity index (χ1v) is 36.1. The lowest BCUT2D eigenvalue weighted by Crippen LogP contribution is -2.30. The molecule has 81 heavy (non-hydrogen) atoms. The summed E-state index contributed by atoms with van der Waals surface area (Å²) in [4.78, 5) is 38.4. The number of hydrogen-bond acceptors (Lipinski definition) is 6. The maximum atomic E-state index is 12.9. The maximum Gasteiger partial charge on any atom is 0.306 e. The van der Waals surface area contributed by atoms with Crippen molar-refractivity contribution in [3.05, 3.63) is 48.6 Å². The van der Waals surface area contributed by atoms with E-state index in [0.29, 0.717) is 19.3 Å². The molecule has 0 rings (SSSR count). The SMILES string of the molecule is CCCCCC/C=C\C/C=C\CCCCCCCC(=O)OC(COC(=O)CCCCCCC/C=C\CCCCCCCCC)COC(=O)CCCCCCCCCCCCCCCCCCCCC/C=C\CCCCCCCCCC. The Morgan fingerprint density at radius 2 is 0.444 bits per heavy atom. The molecule has 0 saturated heterocycles. The molecule has 0 fully saturated rings. The van der Waals surface area contributed by atoms with Gasteiger partial charge in [0.15, 0.2) is 6.10 Å². The highest BCUT2D eigenvalue weighted by Gasteiger charge is 2.19. The van der Waals surface area contributed by atoms with Gasteiger partial charge in [-0.15, -0.1) is 0 Å². The van der Waals surface area contributed by atoms with E-state index in [4.69, 9.17) is 14.2 Å². The van der Waals surface area contributed by atoms with Crippen molar-refractivity contribution in [2.24, 2.45) is 0 Å². The zero-order valence-corrected chi connectivity index (χ0v) is 54.6. The topological polar surface area (TPSA) is 78.9 Å². The number of hydrogen-bond donors (Lipinski definition) is 0. The van der Waals surface area contributed by atoms with Crippen molar-refractivity contribution >= 4 is 17.9 Å². The van der Waals surface area contributed by atoms with Gasteiger partial charge in [0.05, 0.1) is 0 Å². The van der Waals surface area contributed by atoms with Crippen LogP contribution in [0.2, 0.25) is 0 Å². The van der Waals surface area contributed by atoms with Crippen molar-refractivity contribution in [2.45, 2.75) is 399 Å². The molecule has 1 atom stereocenters. The summed E-state index contributed by atoms with van der Waals surface area (Å²) < 4.78 is 17.0. The minimum absolute atomic E-state index is 0.0777. The molecule has 0 aromatic rings. The summed E-state index contributed by atoms with van der Waals surface area (Å²) in [5, 5.41) is 0. The number of carbonyl (C=O) groups is 3. The average Bonchev–Trinajstić information content (AvgIpc) is 3.47. The molecule has 0 radical (unpaired) electrons. The normalized spacial score (nSPS) is 12.3. The lowest BCUT2D eigenvalue weighted by atomic mass is 10.0. The van der Waals surface area contributed by atoms with Crippen LogP contribution in [0.4, 0.5) is 0 Å². The van der Waals surface area contributed by atoms with E-state index < -0.39 is 6.10 Å². The number of allylic oxidation sites excluding steroid dienone is 8. The van der Waals surface area contributed by atoms with E-state index in [1.807, 2.05) is 0 Å². The number of esters is 3. The molecule has 0 aliphatic heterocycles. The predicted octanol–water partition coefficient (Wildman–Crippen LogP) is 24.9. The molecular formula is C75H138O6. The van der Waals surface area contributed by atoms with Gasteiger partial charge in [0.1, 0.15) is 13.2 Å². The van der Waals surface area contributed by atoms with Gasteiger partial charge in [0, 0.05) is 19.3 Å². The molecule has 0 aromatic carbocycles. The van der Waals surface area contributed by atoms with Crippen molar-refractivity contribution in [3.8, 4) is 0 Å². The summed E-state index contributed by atoms with van der Waals surface area (Å²) in [6.07, 6.45) is 88.7. The minimum Gasteiger partial charge on any atom is -0.462 e. The average molecular weight is 1140 g/mol. The Kier molecular flexibility index (Phi) is 67.6. The summed E-state index contributed by atoms with van der Waals surface area (Å²) in [7, 11) is 0. The van der Waals surface area contributed by atoms with Gasteiger partial charge in [0.25, 0.3) is 0 Å². The van der Waals surface area contributed by atoms with Crippen LogP contribution in [0.25, 0.3) is 0 Å². The highest BCUT2D eigenvalue weighted by atomic mass is 16.6. The molecule has 0 heterocycles. The maximum absolute atomic E-state index is 12.9. The molecule has 0 aliphatic rings. The molecule has 6 heteroatoms.